The smallest absolute Gasteiger partial charge is 0.0962 e. The molecular weight excluding hydrogens is 88.1 g/mol. The zero-order valence-electron chi connectivity index (χ0n) is 4.46. The van der Waals surface area contributed by atoms with Crippen LogP contribution in [0.1, 0.15) is 6.92 Å². The van der Waals surface area contributed by atoms with E-state index < -0.39 is 0 Å². The standard InChI is InChI=1S/C5H9N2/c1-2-7-5-3-4-6-7/h3,5H,2,4H2,1H3/q+1. The minimum Gasteiger partial charge on any atom is -0.0962 e. The van der Waals surface area contributed by atoms with Gasteiger partial charge in [0.05, 0.1) is 0 Å². The van der Waals surface area contributed by atoms with Crippen LogP contribution in [0.3, 0.4) is 0 Å². The lowest BCUT2D eigenvalue weighted by atomic mass is 10.6. The highest BCUT2D eigenvalue weighted by Gasteiger charge is 1.99. The third-order valence-electron chi connectivity index (χ3n) is 0.970. The maximum atomic E-state index is 4.08. The fourth-order valence-electron chi connectivity index (χ4n) is 0.573. The molecule has 0 spiro atoms. The first kappa shape index (κ1) is 4.50. The molecule has 0 atom stereocenters. The molecule has 0 aromatic rings. The van der Waals surface area contributed by atoms with Gasteiger partial charge in [0.1, 0.15) is 6.54 Å². The molecule has 1 heterocycles. The van der Waals surface area contributed by atoms with E-state index in [2.05, 4.69) is 12.0 Å². The Morgan fingerprint density at radius 1 is 1.86 bits per heavy atom. The van der Waals surface area contributed by atoms with Crippen molar-refractivity contribution in [1.82, 2.24) is 0 Å². The second kappa shape index (κ2) is 1.87. The lowest BCUT2D eigenvalue weighted by molar-refractivity contribution is -0.519. The highest BCUT2D eigenvalue weighted by atomic mass is 15.3. The Morgan fingerprint density at radius 2 is 2.71 bits per heavy atom. The lowest BCUT2D eigenvalue weighted by Gasteiger charge is -1.76. The number of azo groups is 2. The zero-order chi connectivity index (χ0) is 5.11. The van der Waals surface area contributed by atoms with E-state index in [9.17, 15) is 0 Å². The summed E-state index contributed by atoms with van der Waals surface area (Å²) in [5.41, 5.74) is 0. The highest BCUT2D eigenvalue weighted by Crippen LogP contribution is 1.89. The van der Waals surface area contributed by atoms with Gasteiger partial charge in [0.2, 0.25) is 0 Å². The van der Waals surface area contributed by atoms with Crippen molar-refractivity contribution in [2.24, 2.45) is 5.11 Å². The van der Waals surface area contributed by atoms with Gasteiger partial charge in [-0.05, 0) is 12.0 Å². The van der Waals surface area contributed by atoms with E-state index in [4.69, 9.17) is 0 Å². The maximum absolute atomic E-state index is 4.08. The molecule has 0 bridgehead atoms. The first-order valence-corrected chi connectivity index (χ1v) is 2.54. The molecule has 2 heteroatoms. The molecule has 1 aliphatic rings. The van der Waals surface area contributed by atoms with E-state index in [0.29, 0.717) is 0 Å². The van der Waals surface area contributed by atoms with Crippen molar-refractivity contribution in [3.8, 4) is 0 Å². The topological polar surface area (TPSA) is 15.4 Å². The maximum Gasteiger partial charge on any atom is 0.193 e. The molecule has 0 aromatic heterocycles. The lowest BCUT2D eigenvalue weighted by Crippen LogP contribution is -1.94. The normalized spacial score (nSPS) is 17.6. The molecule has 7 heavy (non-hydrogen) atoms. The van der Waals surface area contributed by atoms with Crippen LogP contribution >= 0.6 is 0 Å². The molecule has 0 amide bonds. The Labute approximate surface area is 43.2 Å². The Balaban J connectivity index is 2.52. The molecule has 0 saturated heterocycles. The molecule has 38 valence electrons. The van der Waals surface area contributed by atoms with Crippen LogP contribution in [-0.4, -0.2) is 17.8 Å². The zero-order valence-corrected chi connectivity index (χ0v) is 4.46. The summed E-state index contributed by atoms with van der Waals surface area (Å²) in [5.74, 6) is 0. The SMILES string of the molecule is CC[N+]1=NCC=C1. The van der Waals surface area contributed by atoms with Crippen LogP contribution in [0, 0.1) is 0 Å². The van der Waals surface area contributed by atoms with Crippen molar-refractivity contribution in [1.29, 1.82) is 0 Å². The minimum absolute atomic E-state index is 0.869. The molecule has 1 aliphatic heterocycles. The number of rotatable bonds is 1. The summed E-state index contributed by atoms with van der Waals surface area (Å²) < 4.78 is 1.93. The highest BCUT2D eigenvalue weighted by molar-refractivity contribution is 4.76. The summed E-state index contributed by atoms with van der Waals surface area (Å²) in [7, 11) is 0. The van der Waals surface area contributed by atoms with Gasteiger partial charge >= 0.3 is 0 Å². The molecule has 0 radical (unpaired) electrons. The van der Waals surface area contributed by atoms with E-state index in [1.54, 1.807) is 0 Å². The molecule has 1 rings (SSSR count). The molecule has 0 fully saturated rings. The minimum atomic E-state index is 0.869. The van der Waals surface area contributed by atoms with Gasteiger partial charge in [-0.3, -0.25) is 0 Å². The third kappa shape index (κ3) is 0.856. The van der Waals surface area contributed by atoms with E-state index in [1.807, 2.05) is 17.0 Å². The predicted molar refractivity (Wildman–Crippen MR) is 27.2 cm³/mol. The van der Waals surface area contributed by atoms with Gasteiger partial charge in [0.15, 0.2) is 12.7 Å². The number of nitrogens with zero attached hydrogens (tertiary/aromatic N) is 2. The van der Waals surface area contributed by atoms with Crippen molar-refractivity contribution in [2.45, 2.75) is 6.92 Å². The van der Waals surface area contributed by atoms with Crippen LogP contribution in [-0.2, 0) is 0 Å². The van der Waals surface area contributed by atoms with Gasteiger partial charge < -0.3 is 0 Å². The van der Waals surface area contributed by atoms with Gasteiger partial charge in [-0.15, -0.1) is 0 Å². The second-order valence-electron chi connectivity index (χ2n) is 1.46. The third-order valence-corrected chi connectivity index (χ3v) is 0.970. The van der Waals surface area contributed by atoms with E-state index in [1.165, 1.54) is 0 Å². The fourth-order valence-corrected chi connectivity index (χ4v) is 0.573. The molecule has 0 N–H and O–H groups in total. The average molecular weight is 97.1 g/mol. The summed E-state index contributed by atoms with van der Waals surface area (Å²) >= 11 is 0. The van der Waals surface area contributed by atoms with Crippen LogP contribution in [0.15, 0.2) is 17.4 Å². The largest absolute Gasteiger partial charge is 0.193 e. The summed E-state index contributed by atoms with van der Waals surface area (Å²) in [5, 5.41) is 4.08. The van der Waals surface area contributed by atoms with Gasteiger partial charge in [0.25, 0.3) is 0 Å². The molecule has 2 nitrogen and oxygen atoms in total. The first-order valence-electron chi connectivity index (χ1n) is 2.54. The quantitative estimate of drug-likeness (QED) is 0.434. The van der Waals surface area contributed by atoms with Crippen molar-refractivity contribution in [2.75, 3.05) is 13.1 Å². The van der Waals surface area contributed by atoms with Gasteiger partial charge in [-0.2, -0.15) is 0 Å². The summed E-state index contributed by atoms with van der Waals surface area (Å²) in [6, 6.07) is 0. The Bertz CT molecular complexity index is 113. The number of hydrogen-bond donors (Lipinski definition) is 0. The first-order chi connectivity index (χ1) is 3.43. The molecule has 0 saturated carbocycles. The van der Waals surface area contributed by atoms with Crippen molar-refractivity contribution >= 4 is 0 Å². The monoisotopic (exact) mass is 97.1 g/mol. The Hall–Kier alpha value is -0.660. The second-order valence-corrected chi connectivity index (χ2v) is 1.46. The molecule has 0 aromatic carbocycles. The van der Waals surface area contributed by atoms with Crippen LogP contribution in [0.5, 0.6) is 0 Å². The number of hydrogen-bond acceptors (Lipinski definition) is 1. The van der Waals surface area contributed by atoms with Crippen molar-refractivity contribution < 1.29 is 4.70 Å². The summed E-state index contributed by atoms with van der Waals surface area (Å²) in [4.78, 5) is 0. The van der Waals surface area contributed by atoms with Crippen molar-refractivity contribution in [3.05, 3.63) is 12.3 Å². The molecule has 0 unspecified atom stereocenters. The predicted octanol–water partition coefficient (Wildman–Crippen LogP) is 0.998. The van der Waals surface area contributed by atoms with Crippen LogP contribution in [0.2, 0.25) is 0 Å². The molecule has 0 aliphatic carbocycles. The van der Waals surface area contributed by atoms with E-state index in [-0.39, 0.29) is 0 Å². The van der Waals surface area contributed by atoms with E-state index >= 15 is 0 Å². The van der Waals surface area contributed by atoms with Crippen LogP contribution in [0.4, 0.5) is 0 Å². The van der Waals surface area contributed by atoms with E-state index in [0.717, 1.165) is 13.1 Å². The van der Waals surface area contributed by atoms with Gasteiger partial charge in [-0.1, -0.05) is 4.70 Å². The van der Waals surface area contributed by atoms with Gasteiger partial charge in [0, 0.05) is 6.08 Å². The summed E-state index contributed by atoms with van der Waals surface area (Å²) in [6.07, 6.45) is 4.05. The Kier molecular flexibility index (Phi) is 1.20. The molecular formula is C5H9N2+. The average Bonchev–Trinajstić information content (AvgIpc) is 2.14. The van der Waals surface area contributed by atoms with Crippen LogP contribution in [0.25, 0.3) is 0 Å². The fraction of sp³-hybridized carbons (Fsp3) is 0.600. The Morgan fingerprint density at radius 3 is 3.00 bits per heavy atom. The van der Waals surface area contributed by atoms with Crippen molar-refractivity contribution in [3.63, 3.8) is 0 Å². The van der Waals surface area contributed by atoms with Gasteiger partial charge in [-0.25, -0.2) is 0 Å². The van der Waals surface area contributed by atoms with Crippen LogP contribution < -0.4 is 0 Å². The summed E-state index contributed by atoms with van der Waals surface area (Å²) in [6.45, 7) is 3.95.